The van der Waals surface area contributed by atoms with Crippen molar-refractivity contribution < 1.29 is 14.3 Å². The SMILES string of the molecule is CC(/C=C/C(=O)O)=C\c1ccco1. The molecule has 0 fully saturated rings. The molecule has 0 radical (unpaired) electrons. The molecule has 0 spiro atoms. The van der Waals surface area contributed by atoms with Crippen LogP contribution < -0.4 is 0 Å². The van der Waals surface area contributed by atoms with Crippen LogP contribution in [-0.2, 0) is 4.79 Å². The average molecular weight is 178 g/mol. The molecule has 0 aliphatic rings. The van der Waals surface area contributed by atoms with Crippen molar-refractivity contribution in [3.8, 4) is 0 Å². The second-order valence-electron chi connectivity index (χ2n) is 2.58. The molecule has 0 unspecified atom stereocenters. The number of aliphatic carboxylic acids is 1. The maximum atomic E-state index is 10.2. The highest BCUT2D eigenvalue weighted by molar-refractivity contribution is 5.80. The summed E-state index contributed by atoms with van der Waals surface area (Å²) >= 11 is 0. The fourth-order valence-corrected chi connectivity index (χ4v) is 0.849. The number of hydrogen-bond acceptors (Lipinski definition) is 2. The third kappa shape index (κ3) is 3.42. The number of carbonyl (C=O) groups is 1. The Bertz CT molecular complexity index is 331. The number of carboxylic acids is 1. The molecular weight excluding hydrogens is 168 g/mol. The zero-order chi connectivity index (χ0) is 9.68. The monoisotopic (exact) mass is 178 g/mol. The highest BCUT2D eigenvalue weighted by Gasteiger charge is 1.90. The third-order valence-electron chi connectivity index (χ3n) is 1.40. The van der Waals surface area contributed by atoms with Crippen LogP contribution in [0, 0.1) is 0 Å². The van der Waals surface area contributed by atoms with Gasteiger partial charge in [0.2, 0.25) is 0 Å². The highest BCUT2D eigenvalue weighted by Crippen LogP contribution is 2.07. The Morgan fingerprint density at radius 2 is 2.31 bits per heavy atom. The van der Waals surface area contributed by atoms with Crippen LogP contribution in [0.5, 0.6) is 0 Å². The Morgan fingerprint density at radius 3 is 2.85 bits per heavy atom. The summed E-state index contributed by atoms with van der Waals surface area (Å²) in [5, 5.41) is 8.35. The molecular formula is C10H10O3. The van der Waals surface area contributed by atoms with E-state index in [2.05, 4.69) is 0 Å². The fraction of sp³-hybridized carbons (Fsp3) is 0.100. The lowest BCUT2D eigenvalue weighted by Crippen LogP contribution is -1.85. The van der Waals surface area contributed by atoms with E-state index in [9.17, 15) is 4.79 Å². The summed E-state index contributed by atoms with van der Waals surface area (Å²) in [5.74, 6) is -0.236. The highest BCUT2D eigenvalue weighted by atomic mass is 16.4. The topological polar surface area (TPSA) is 50.4 Å². The van der Waals surface area contributed by atoms with Crippen molar-refractivity contribution in [2.75, 3.05) is 0 Å². The number of carboxylic acid groups (broad SMARTS) is 1. The van der Waals surface area contributed by atoms with E-state index in [1.807, 2.05) is 6.92 Å². The average Bonchev–Trinajstić information content (AvgIpc) is 2.53. The van der Waals surface area contributed by atoms with Crippen molar-refractivity contribution >= 4 is 12.0 Å². The molecule has 1 aromatic heterocycles. The van der Waals surface area contributed by atoms with Crippen LogP contribution >= 0.6 is 0 Å². The molecule has 13 heavy (non-hydrogen) atoms. The molecule has 0 bridgehead atoms. The predicted octanol–water partition coefficient (Wildman–Crippen LogP) is 2.32. The van der Waals surface area contributed by atoms with Crippen LogP contribution in [0.15, 0.2) is 40.5 Å². The molecule has 3 nitrogen and oxygen atoms in total. The van der Waals surface area contributed by atoms with Gasteiger partial charge in [0.1, 0.15) is 5.76 Å². The maximum Gasteiger partial charge on any atom is 0.328 e. The van der Waals surface area contributed by atoms with Crippen LogP contribution in [-0.4, -0.2) is 11.1 Å². The van der Waals surface area contributed by atoms with E-state index in [1.54, 1.807) is 24.5 Å². The second kappa shape index (κ2) is 4.30. The minimum atomic E-state index is -0.952. The van der Waals surface area contributed by atoms with E-state index < -0.39 is 5.97 Å². The first-order chi connectivity index (χ1) is 6.18. The molecule has 0 saturated carbocycles. The summed E-state index contributed by atoms with van der Waals surface area (Å²) in [6, 6.07) is 3.58. The molecule has 1 rings (SSSR count). The van der Waals surface area contributed by atoms with Crippen molar-refractivity contribution in [3.05, 3.63) is 41.9 Å². The molecule has 1 aromatic rings. The molecule has 0 amide bonds. The molecule has 3 heteroatoms. The van der Waals surface area contributed by atoms with Gasteiger partial charge < -0.3 is 9.52 Å². The zero-order valence-electron chi connectivity index (χ0n) is 7.23. The summed E-state index contributed by atoms with van der Waals surface area (Å²) in [4.78, 5) is 10.2. The van der Waals surface area contributed by atoms with E-state index in [0.717, 1.165) is 11.6 Å². The summed E-state index contributed by atoms with van der Waals surface area (Å²) in [5.41, 5.74) is 0.831. The smallest absolute Gasteiger partial charge is 0.328 e. The first-order valence-corrected chi connectivity index (χ1v) is 3.81. The fourth-order valence-electron chi connectivity index (χ4n) is 0.849. The molecule has 0 aliphatic heterocycles. The Morgan fingerprint density at radius 1 is 1.54 bits per heavy atom. The van der Waals surface area contributed by atoms with E-state index in [0.29, 0.717) is 5.76 Å². The van der Waals surface area contributed by atoms with Gasteiger partial charge in [0.15, 0.2) is 0 Å². The number of allylic oxidation sites excluding steroid dienone is 2. The number of furan rings is 1. The van der Waals surface area contributed by atoms with Gasteiger partial charge in [-0.15, -0.1) is 0 Å². The van der Waals surface area contributed by atoms with Gasteiger partial charge >= 0.3 is 5.97 Å². The Kier molecular flexibility index (Phi) is 3.09. The third-order valence-corrected chi connectivity index (χ3v) is 1.40. The predicted molar refractivity (Wildman–Crippen MR) is 49.1 cm³/mol. The van der Waals surface area contributed by atoms with Gasteiger partial charge in [-0.05, 0) is 30.7 Å². The lowest BCUT2D eigenvalue weighted by Gasteiger charge is -1.88. The van der Waals surface area contributed by atoms with Crippen molar-refractivity contribution in [2.45, 2.75) is 6.92 Å². The largest absolute Gasteiger partial charge is 0.478 e. The van der Waals surface area contributed by atoms with Gasteiger partial charge in [-0.1, -0.05) is 6.08 Å². The molecule has 1 heterocycles. The van der Waals surface area contributed by atoms with Crippen LogP contribution in [0.25, 0.3) is 6.08 Å². The van der Waals surface area contributed by atoms with Gasteiger partial charge in [-0.2, -0.15) is 0 Å². The number of hydrogen-bond donors (Lipinski definition) is 1. The van der Waals surface area contributed by atoms with Crippen LogP contribution in [0.2, 0.25) is 0 Å². The van der Waals surface area contributed by atoms with Crippen molar-refractivity contribution in [1.29, 1.82) is 0 Å². The Balaban J connectivity index is 2.67. The summed E-state index contributed by atoms with van der Waals surface area (Å²) in [6.07, 6.45) is 5.94. The van der Waals surface area contributed by atoms with Crippen LogP contribution in [0.4, 0.5) is 0 Å². The molecule has 1 N–H and O–H groups in total. The molecule has 0 aromatic carbocycles. The normalized spacial score (nSPS) is 12.2. The lowest BCUT2D eigenvalue weighted by atomic mass is 10.2. The van der Waals surface area contributed by atoms with E-state index in [1.165, 1.54) is 6.08 Å². The first-order valence-electron chi connectivity index (χ1n) is 3.81. The van der Waals surface area contributed by atoms with Gasteiger partial charge in [0, 0.05) is 6.08 Å². The van der Waals surface area contributed by atoms with E-state index in [-0.39, 0.29) is 0 Å². The quantitative estimate of drug-likeness (QED) is 0.570. The van der Waals surface area contributed by atoms with Gasteiger partial charge in [-0.3, -0.25) is 0 Å². The molecule has 0 aliphatic carbocycles. The first kappa shape index (κ1) is 9.32. The Labute approximate surface area is 76.0 Å². The van der Waals surface area contributed by atoms with E-state index >= 15 is 0 Å². The maximum absolute atomic E-state index is 10.2. The minimum Gasteiger partial charge on any atom is -0.478 e. The van der Waals surface area contributed by atoms with Crippen LogP contribution in [0.3, 0.4) is 0 Å². The van der Waals surface area contributed by atoms with Crippen molar-refractivity contribution in [1.82, 2.24) is 0 Å². The molecule has 68 valence electrons. The van der Waals surface area contributed by atoms with Gasteiger partial charge in [0.25, 0.3) is 0 Å². The van der Waals surface area contributed by atoms with E-state index in [4.69, 9.17) is 9.52 Å². The zero-order valence-corrected chi connectivity index (χ0v) is 7.23. The standard InChI is InChI=1S/C10H10O3/c1-8(4-5-10(11)12)7-9-3-2-6-13-9/h2-7H,1H3,(H,11,12)/b5-4+,8-7+. The number of rotatable bonds is 3. The molecule has 0 atom stereocenters. The van der Waals surface area contributed by atoms with Crippen molar-refractivity contribution in [3.63, 3.8) is 0 Å². The summed E-state index contributed by atoms with van der Waals surface area (Å²) in [7, 11) is 0. The Hall–Kier alpha value is -1.77. The van der Waals surface area contributed by atoms with Gasteiger partial charge in [-0.25, -0.2) is 4.79 Å². The second-order valence-corrected chi connectivity index (χ2v) is 2.58. The molecule has 0 saturated heterocycles. The minimum absolute atomic E-state index is 0.715. The van der Waals surface area contributed by atoms with Crippen LogP contribution in [0.1, 0.15) is 12.7 Å². The lowest BCUT2D eigenvalue weighted by molar-refractivity contribution is -0.131. The summed E-state index contributed by atoms with van der Waals surface area (Å²) < 4.78 is 5.05. The summed E-state index contributed by atoms with van der Waals surface area (Å²) in [6.45, 7) is 1.81. The van der Waals surface area contributed by atoms with Gasteiger partial charge in [0.05, 0.1) is 6.26 Å². The van der Waals surface area contributed by atoms with Crippen molar-refractivity contribution in [2.24, 2.45) is 0 Å².